The van der Waals surface area contributed by atoms with Gasteiger partial charge < -0.3 is 9.72 Å². The number of aromatic amines is 1. The van der Waals surface area contributed by atoms with Gasteiger partial charge in [-0.3, -0.25) is 4.79 Å². The van der Waals surface area contributed by atoms with Gasteiger partial charge in [-0.2, -0.15) is 0 Å². The Hall–Kier alpha value is -0.310. The first-order valence-corrected chi connectivity index (χ1v) is 6.39. The van der Waals surface area contributed by atoms with Gasteiger partial charge in [0.2, 0.25) is 0 Å². The molecule has 78 valence electrons. The van der Waals surface area contributed by atoms with E-state index >= 15 is 0 Å². The number of esters is 1. The smallest absolute Gasteiger partial charge is 0.308 e. The maximum Gasteiger partial charge on any atom is 0.308 e. The van der Waals surface area contributed by atoms with Gasteiger partial charge in [-0.05, 0) is 57.3 Å². The molecule has 0 unspecified atom stereocenters. The molecule has 5 heteroatoms. The number of aromatic nitrogens is 1. The highest BCUT2D eigenvalue weighted by Crippen LogP contribution is 2.31. The van der Waals surface area contributed by atoms with Crippen LogP contribution in [0.5, 0.6) is 5.75 Å². The summed E-state index contributed by atoms with van der Waals surface area (Å²) >= 11 is 4.54. The number of carbonyl (C=O) groups is 1. The van der Waals surface area contributed by atoms with Crippen molar-refractivity contribution < 1.29 is 9.53 Å². The van der Waals surface area contributed by atoms with E-state index in [-0.39, 0.29) is 5.97 Å². The number of benzene rings is 1. The highest BCUT2D eigenvalue weighted by atomic mass is 127. The molecule has 1 aromatic heterocycles. The molecular formula is C10H7I2NO2. The summed E-state index contributed by atoms with van der Waals surface area (Å²) < 4.78 is 7.41. The van der Waals surface area contributed by atoms with E-state index in [0.717, 1.165) is 14.5 Å². The number of fused-ring (bicyclic) bond motifs is 1. The van der Waals surface area contributed by atoms with Gasteiger partial charge in [-0.25, -0.2) is 0 Å². The van der Waals surface area contributed by atoms with Crippen LogP contribution >= 0.6 is 45.2 Å². The van der Waals surface area contributed by atoms with Crippen LogP contribution in [0, 0.1) is 7.14 Å². The standard InChI is InChI=1S/C10H7I2NO2/c1-5(14)15-8-4-13-10-6(8)2-3-7(11)9(10)12/h2-4,13H,1H3. The summed E-state index contributed by atoms with van der Waals surface area (Å²) in [5.41, 5.74) is 1.01. The topological polar surface area (TPSA) is 42.1 Å². The third kappa shape index (κ3) is 2.12. The first kappa shape index (κ1) is 11.2. The first-order valence-electron chi connectivity index (χ1n) is 4.23. The molecule has 0 amide bonds. The van der Waals surface area contributed by atoms with Crippen molar-refractivity contribution in [3.63, 3.8) is 0 Å². The summed E-state index contributed by atoms with van der Waals surface area (Å²) in [4.78, 5) is 14.0. The number of halogens is 2. The van der Waals surface area contributed by atoms with Gasteiger partial charge in [0.05, 0.1) is 9.09 Å². The molecule has 2 rings (SSSR count). The fourth-order valence-electron chi connectivity index (χ4n) is 1.35. The summed E-state index contributed by atoms with van der Waals surface area (Å²) in [7, 11) is 0. The fourth-order valence-corrected chi connectivity index (χ4v) is 2.43. The van der Waals surface area contributed by atoms with E-state index in [1.54, 1.807) is 6.20 Å². The van der Waals surface area contributed by atoms with E-state index < -0.39 is 0 Å². The Morgan fingerprint density at radius 1 is 1.40 bits per heavy atom. The normalized spacial score (nSPS) is 10.6. The van der Waals surface area contributed by atoms with Crippen LogP contribution in [0.3, 0.4) is 0 Å². The molecule has 0 radical (unpaired) electrons. The van der Waals surface area contributed by atoms with Gasteiger partial charge in [-0.15, -0.1) is 0 Å². The number of carbonyl (C=O) groups excluding carboxylic acids is 1. The minimum absolute atomic E-state index is 0.301. The third-order valence-electron chi connectivity index (χ3n) is 1.96. The maximum atomic E-state index is 10.9. The van der Waals surface area contributed by atoms with Crippen LogP contribution in [0.2, 0.25) is 0 Å². The molecule has 0 aliphatic carbocycles. The zero-order valence-corrected chi connectivity index (χ0v) is 12.1. The monoisotopic (exact) mass is 427 g/mol. The largest absolute Gasteiger partial charge is 0.424 e. The molecule has 1 aromatic carbocycles. The second-order valence-corrected chi connectivity index (χ2v) is 5.27. The molecule has 0 atom stereocenters. The van der Waals surface area contributed by atoms with Crippen molar-refractivity contribution in [3.8, 4) is 5.75 Å². The van der Waals surface area contributed by atoms with Gasteiger partial charge >= 0.3 is 5.97 Å². The van der Waals surface area contributed by atoms with Crippen molar-refractivity contribution in [2.24, 2.45) is 0 Å². The van der Waals surface area contributed by atoms with Gasteiger partial charge in [0.25, 0.3) is 0 Å². The molecule has 0 spiro atoms. The third-order valence-corrected chi connectivity index (χ3v) is 5.01. The van der Waals surface area contributed by atoms with E-state index in [1.165, 1.54) is 10.5 Å². The van der Waals surface area contributed by atoms with Gasteiger partial charge in [0.15, 0.2) is 5.75 Å². The van der Waals surface area contributed by atoms with Crippen LogP contribution in [0.15, 0.2) is 18.3 Å². The van der Waals surface area contributed by atoms with Crippen LogP contribution in [-0.4, -0.2) is 11.0 Å². The maximum absolute atomic E-state index is 10.9. The second kappa shape index (κ2) is 4.28. The van der Waals surface area contributed by atoms with E-state index in [2.05, 4.69) is 50.2 Å². The quantitative estimate of drug-likeness (QED) is 0.561. The van der Waals surface area contributed by atoms with Crippen LogP contribution in [0.1, 0.15) is 6.92 Å². The second-order valence-electron chi connectivity index (χ2n) is 3.03. The summed E-state index contributed by atoms with van der Waals surface area (Å²) in [6, 6.07) is 3.96. The Morgan fingerprint density at radius 3 is 2.80 bits per heavy atom. The Bertz CT molecular complexity index is 533. The first-order chi connectivity index (χ1) is 7.09. The molecule has 15 heavy (non-hydrogen) atoms. The summed E-state index contributed by atoms with van der Waals surface area (Å²) in [5, 5.41) is 0.940. The SMILES string of the molecule is CC(=O)Oc1c[nH]c2c(I)c(I)ccc12. The van der Waals surface area contributed by atoms with E-state index in [0.29, 0.717) is 5.75 Å². The Morgan fingerprint density at radius 2 is 2.13 bits per heavy atom. The zero-order valence-electron chi connectivity index (χ0n) is 7.80. The molecule has 1 N–H and O–H groups in total. The van der Waals surface area contributed by atoms with Gasteiger partial charge in [0.1, 0.15) is 0 Å². The lowest BCUT2D eigenvalue weighted by Crippen LogP contribution is -2.00. The van der Waals surface area contributed by atoms with E-state index in [9.17, 15) is 4.79 Å². The summed E-state index contributed by atoms with van der Waals surface area (Å²) in [6.07, 6.45) is 1.71. The Labute approximate surface area is 114 Å². The number of nitrogens with one attached hydrogen (secondary N) is 1. The molecular weight excluding hydrogens is 420 g/mol. The van der Waals surface area contributed by atoms with Gasteiger partial charge in [-0.1, -0.05) is 0 Å². The van der Waals surface area contributed by atoms with Crippen LogP contribution in [0.4, 0.5) is 0 Å². The minimum Gasteiger partial charge on any atom is -0.424 e. The van der Waals surface area contributed by atoms with Crippen LogP contribution in [0.25, 0.3) is 10.9 Å². The predicted molar refractivity (Wildman–Crippen MR) is 75.0 cm³/mol. The molecule has 3 nitrogen and oxygen atoms in total. The van der Waals surface area contributed by atoms with Crippen molar-refractivity contribution in [3.05, 3.63) is 25.5 Å². The van der Waals surface area contributed by atoms with Crippen LogP contribution < -0.4 is 4.74 Å². The summed E-state index contributed by atoms with van der Waals surface area (Å²) in [6.45, 7) is 1.40. The van der Waals surface area contributed by atoms with E-state index in [1.807, 2.05) is 12.1 Å². The zero-order chi connectivity index (χ0) is 11.0. The highest BCUT2D eigenvalue weighted by Gasteiger charge is 2.10. The molecule has 0 aliphatic rings. The lowest BCUT2D eigenvalue weighted by Gasteiger charge is -2.00. The minimum atomic E-state index is -0.301. The lowest BCUT2D eigenvalue weighted by atomic mass is 10.2. The molecule has 2 aromatic rings. The lowest BCUT2D eigenvalue weighted by molar-refractivity contribution is -0.131. The number of ether oxygens (including phenoxy) is 1. The highest BCUT2D eigenvalue weighted by molar-refractivity contribution is 14.1. The number of rotatable bonds is 1. The van der Waals surface area contributed by atoms with E-state index in [4.69, 9.17) is 4.74 Å². The molecule has 0 saturated heterocycles. The van der Waals surface area contributed by atoms with Gasteiger partial charge in [0, 0.05) is 22.1 Å². The number of hydrogen-bond acceptors (Lipinski definition) is 2. The van der Waals surface area contributed by atoms with Crippen molar-refractivity contribution in [2.75, 3.05) is 0 Å². The van der Waals surface area contributed by atoms with Crippen molar-refractivity contribution in [1.29, 1.82) is 0 Å². The fraction of sp³-hybridized carbons (Fsp3) is 0.100. The van der Waals surface area contributed by atoms with Crippen molar-refractivity contribution >= 4 is 62.1 Å². The molecule has 0 bridgehead atoms. The Balaban J connectivity index is 2.61. The Kier molecular flexibility index (Phi) is 3.19. The number of hydrogen-bond donors (Lipinski definition) is 1. The molecule has 1 heterocycles. The molecule has 0 fully saturated rings. The predicted octanol–water partition coefficient (Wildman–Crippen LogP) is 3.30. The number of H-pyrrole nitrogens is 1. The average Bonchev–Trinajstić information content (AvgIpc) is 2.55. The summed E-state index contributed by atoms with van der Waals surface area (Å²) in [5.74, 6) is 0.288. The molecule has 0 aliphatic heterocycles. The average molecular weight is 427 g/mol. The van der Waals surface area contributed by atoms with Crippen molar-refractivity contribution in [1.82, 2.24) is 4.98 Å². The molecule has 0 saturated carbocycles. The van der Waals surface area contributed by atoms with Crippen LogP contribution in [-0.2, 0) is 4.79 Å². The van der Waals surface area contributed by atoms with Crippen molar-refractivity contribution in [2.45, 2.75) is 6.92 Å².